The number of ether oxygens (including phenoxy) is 1. The smallest absolute Gasteiger partial charge is 0.348 e. The van der Waals surface area contributed by atoms with Gasteiger partial charge in [-0.1, -0.05) is 23.9 Å². The first-order chi connectivity index (χ1) is 16.0. The van der Waals surface area contributed by atoms with Crippen molar-refractivity contribution in [1.29, 1.82) is 0 Å². The minimum Gasteiger partial charge on any atom is -0.379 e. The van der Waals surface area contributed by atoms with Crippen molar-refractivity contribution in [2.75, 3.05) is 43.9 Å². The first kappa shape index (κ1) is 23.7. The molecule has 0 radical (unpaired) electrons. The van der Waals surface area contributed by atoms with Crippen LogP contribution in [0.5, 0.6) is 0 Å². The normalized spacial score (nSPS) is 15.9. The van der Waals surface area contributed by atoms with Crippen LogP contribution in [0.3, 0.4) is 0 Å². The Morgan fingerprint density at radius 3 is 2.79 bits per heavy atom. The molecule has 0 atom stereocenters. The highest BCUT2D eigenvalue weighted by molar-refractivity contribution is 8.00. The molecule has 9 heteroatoms. The second-order valence-corrected chi connectivity index (χ2v) is 9.38. The van der Waals surface area contributed by atoms with Gasteiger partial charge < -0.3 is 10.1 Å². The van der Waals surface area contributed by atoms with Crippen molar-refractivity contribution in [3.05, 3.63) is 51.6 Å². The highest BCUT2D eigenvalue weighted by Crippen LogP contribution is 2.29. The van der Waals surface area contributed by atoms with E-state index in [1.807, 2.05) is 4.57 Å². The fourth-order valence-electron chi connectivity index (χ4n) is 4.36. The Balaban J connectivity index is 1.37. The first-order valence-electron chi connectivity index (χ1n) is 11.5. The summed E-state index contributed by atoms with van der Waals surface area (Å²) in [5.41, 5.74) is 3.10. The van der Waals surface area contributed by atoms with E-state index in [2.05, 4.69) is 15.2 Å². The Morgan fingerprint density at radius 1 is 1.18 bits per heavy atom. The lowest BCUT2D eigenvalue weighted by Gasteiger charge is -2.26. The van der Waals surface area contributed by atoms with Gasteiger partial charge in [0, 0.05) is 48.7 Å². The Morgan fingerprint density at radius 2 is 2.00 bits per heavy atom. The lowest BCUT2D eigenvalue weighted by atomic mass is 10.1. The molecule has 2 aromatic rings. The summed E-state index contributed by atoms with van der Waals surface area (Å²) in [5.74, 6) is -0.0841. The number of rotatable bonds is 9. The molecule has 1 fully saturated rings. The molecule has 8 nitrogen and oxygen atoms in total. The monoisotopic (exact) mass is 470 g/mol. The van der Waals surface area contributed by atoms with Gasteiger partial charge >= 0.3 is 5.69 Å². The van der Waals surface area contributed by atoms with Crippen LogP contribution >= 0.6 is 11.8 Å². The van der Waals surface area contributed by atoms with Gasteiger partial charge in [-0.2, -0.15) is 4.98 Å². The van der Waals surface area contributed by atoms with Crippen LogP contribution in [0.1, 0.15) is 41.4 Å². The number of nitrogens with zero attached hydrogens (tertiary/aromatic N) is 3. The number of nitrogens with one attached hydrogen (secondary N) is 1. The van der Waals surface area contributed by atoms with Crippen LogP contribution in [0.25, 0.3) is 0 Å². The summed E-state index contributed by atoms with van der Waals surface area (Å²) < 4.78 is 7.23. The van der Waals surface area contributed by atoms with Crippen LogP contribution in [0.4, 0.5) is 5.69 Å². The average molecular weight is 471 g/mol. The van der Waals surface area contributed by atoms with Gasteiger partial charge in [0.1, 0.15) is 5.03 Å². The number of aromatic nitrogens is 2. The summed E-state index contributed by atoms with van der Waals surface area (Å²) in [4.78, 5) is 43.5. The van der Waals surface area contributed by atoms with Crippen molar-refractivity contribution in [1.82, 2.24) is 14.5 Å². The average Bonchev–Trinajstić information content (AvgIpc) is 3.30. The van der Waals surface area contributed by atoms with E-state index in [4.69, 9.17) is 4.74 Å². The number of fused-ring (bicyclic) bond motifs is 1. The second kappa shape index (κ2) is 11.1. The molecule has 0 bridgehead atoms. The van der Waals surface area contributed by atoms with Crippen LogP contribution < -0.4 is 11.0 Å². The van der Waals surface area contributed by atoms with Crippen molar-refractivity contribution in [3.63, 3.8) is 0 Å². The van der Waals surface area contributed by atoms with Crippen LogP contribution in [0, 0.1) is 0 Å². The predicted octanol–water partition coefficient (Wildman–Crippen LogP) is 2.39. The molecular weight excluding hydrogens is 440 g/mol. The molecule has 1 saturated heterocycles. The minimum absolute atomic E-state index is 0.0502. The molecule has 1 N–H and O–H groups in total. The molecule has 1 aliphatic heterocycles. The molecule has 33 heavy (non-hydrogen) atoms. The zero-order valence-electron chi connectivity index (χ0n) is 19.0. The molecule has 1 aromatic carbocycles. The third kappa shape index (κ3) is 6.10. The van der Waals surface area contributed by atoms with Crippen LogP contribution in [0.15, 0.2) is 34.1 Å². The van der Waals surface area contributed by atoms with E-state index in [1.54, 1.807) is 24.3 Å². The number of hydrogen-bond acceptors (Lipinski definition) is 7. The quantitative estimate of drug-likeness (QED) is 0.342. The van der Waals surface area contributed by atoms with Gasteiger partial charge in [0.15, 0.2) is 5.78 Å². The Kier molecular flexibility index (Phi) is 7.95. The Labute approximate surface area is 197 Å². The first-order valence-corrected chi connectivity index (χ1v) is 12.5. The SMILES string of the molecule is CC(=O)c1cccc(NC(=O)CSc2nc(=O)n(CCCN3CCOCC3)c3c2CCC3)c1. The molecule has 1 amide bonds. The molecule has 0 unspecified atom stereocenters. The molecule has 1 aliphatic carbocycles. The summed E-state index contributed by atoms with van der Waals surface area (Å²) in [6, 6.07) is 6.88. The van der Waals surface area contributed by atoms with Crippen LogP contribution in [0.2, 0.25) is 0 Å². The van der Waals surface area contributed by atoms with E-state index < -0.39 is 0 Å². The highest BCUT2D eigenvalue weighted by Gasteiger charge is 2.22. The number of morpholine rings is 1. The number of thioether (sulfide) groups is 1. The van der Waals surface area contributed by atoms with Gasteiger partial charge in [-0.25, -0.2) is 4.79 Å². The molecular formula is C24H30N4O4S. The second-order valence-electron chi connectivity index (χ2n) is 8.41. The zero-order chi connectivity index (χ0) is 23.2. The standard InChI is InChI=1S/C24H30N4O4S/c1-17(29)18-5-2-6-19(15-18)25-22(30)16-33-23-20-7-3-8-21(20)28(24(31)26-23)10-4-9-27-11-13-32-14-12-27/h2,5-6,15H,3-4,7-14,16H2,1H3,(H,25,30). The summed E-state index contributed by atoms with van der Waals surface area (Å²) in [7, 11) is 0. The van der Waals surface area contributed by atoms with E-state index in [9.17, 15) is 14.4 Å². The van der Waals surface area contributed by atoms with Gasteiger partial charge in [-0.05, 0) is 44.7 Å². The van der Waals surface area contributed by atoms with Crippen molar-refractivity contribution in [3.8, 4) is 0 Å². The molecule has 2 aliphatic rings. The third-order valence-electron chi connectivity index (χ3n) is 6.05. The molecule has 176 valence electrons. The lowest BCUT2D eigenvalue weighted by Crippen LogP contribution is -2.37. The largest absolute Gasteiger partial charge is 0.379 e. The number of amides is 1. The number of Topliss-reactive ketones (excluding diaryl/α,β-unsaturated/α-hetero) is 1. The van der Waals surface area contributed by atoms with Crippen molar-refractivity contribution in [2.45, 2.75) is 44.2 Å². The molecule has 2 heterocycles. The maximum atomic E-state index is 12.8. The van der Waals surface area contributed by atoms with E-state index >= 15 is 0 Å². The van der Waals surface area contributed by atoms with Crippen molar-refractivity contribution < 1.29 is 14.3 Å². The molecule has 0 spiro atoms. The van der Waals surface area contributed by atoms with E-state index in [-0.39, 0.29) is 23.1 Å². The lowest BCUT2D eigenvalue weighted by molar-refractivity contribution is -0.113. The molecule has 4 rings (SSSR count). The van der Waals surface area contributed by atoms with Gasteiger partial charge in [0.05, 0.1) is 19.0 Å². The summed E-state index contributed by atoms with van der Waals surface area (Å²) >= 11 is 1.31. The van der Waals surface area contributed by atoms with Crippen molar-refractivity contribution >= 4 is 29.1 Å². The van der Waals surface area contributed by atoms with Crippen molar-refractivity contribution in [2.24, 2.45) is 0 Å². The fraction of sp³-hybridized carbons (Fsp3) is 0.500. The highest BCUT2D eigenvalue weighted by atomic mass is 32.2. The molecule has 0 saturated carbocycles. The Hall–Kier alpha value is -2.49. The van der Waals surface area contributed by atoms with E-state index in [0.29, 0.717) is 22.8 Å². The number of ketones is 1. The number of anilines is 1. The van der Waals surface area contributed by atoms with E-state index in [0.717, 1.165) is 69.8 Å². The van der Waals surface area contributed by atoms with Gasteiger partial charge in [-0.3, -0.25) is 19.1 Å². The van der Waals surface area contributed by atoms with Crippen LogP contribution in [-0.4, -0.2) is 64.7 Å². The number of carbonyl (C=O) groups excluding carboxylic acids is 2. The number of hydrogen-bond donors (Lipinski definition) is 1. The van der Waals surface area contributed by atoms with E-state index in [1.165, 1.54) is 18.7 Å². The predicted molar refractivity (Wildman–Crippen MR) is 128 cm³/mol. The summed E-state index contributed by atoms with van der Waals surface area (Å²) in [6.45, 7) is 6.56. The zero-order valence-corrected chi connectivity index (χ0v) is 19.8. The Bertz CT molecular complexity index is 1080. The topological polar surface area (TPSA) is 93.5 Å². The summed E-state index contributed by atoms with van der Waals surface area (Å²) in [5, 5.41) is 3.49. The summed E-state index contributed by atoms with van der Waals surface area (Å²) in [6.07, 6.45) is 3.67. The third-order valence-corrected chi connectivity index (χ3v) is 7.07. The van der Waals surface area contributed by atoms with Gasteiger partial charge in [-0.15, -0.1) is 0 Å². The maximum Gasteiger partial charge on any atom is 0.348 e. The minimum atomic E-state index is -0.227. The van der Waals surface area contributed by atoms with Gasteiger partial charge in [0.2, 0.25) is 5.91 Å². The fourth-order valence-corrected chi connectivity index (χ4v) is 5.24. The van der Waals surface area contributed by atoms with Crippen LogP contribution in [-0.2, 0) is 28.9 Å². The maximum absolute atomic E-state index is 12.8. The molecule has 1 aromatic heterocycles. The number of benzene rings is 1. The van der Waals surface area contributed by atoms with Gasteiger partial charge in [0.25, 0.3) is 0 Å². The number of carbonyl (C=O) groups is 2.